The summed E-state index contributed by atoms with van der Waals surface area (Å²) in [5.74, 6) is 0.788. The molecule has 0 saturated carbocycles. The Morgan fingerprint density at radius 3 is 2.47 bits per heavy atom. The minimum absolute atomic E-state index is 0.106. The third kappa shape index (κ3) is 6.12. The number of carbonyl (C=O) groups is 1. The van der Waals surface area contributed by atoms with Crippen molar-refractivity contribution in [1.82, 2.24) is 4.90 Å². The Balaban J connectivity index is 1.74. The van der Waals surface area contributed by atoms with Crippen LogP contribution < -0.4 is 9.50 Å². The number of anilines is 1. The molecule has 1 aromatic heterocycles. The van der Waals surface area contributed by atoms with Gasteiger partial charge >= 0.3 is 16.1 Å². The van der Waals surface area contributed by atoms with Crippen LogP contribution in [0.4, 0.5) is 10.5 Å². The van der Waals surface area contributed by atoms with Crippen LogP contribution in [0, 0.1) is 6.92 Å². The van der Waals surface area contributed by atoms with E-state index in [1.807, 2.05) is 31.2 Å². The first kappa shape index (κ1) is 21.4. The monoisotopic (exact) mass is 428 g/mol. The number of benzene rings is 2. The molecule has 7 nitrogen and oxygen atoms in total. The topological polar surface area (TPSA) is 88.9 Å². The maximum Gasteiger partial charge on any atom is 0.322 e. The van der Waals surface area contributed by atoms with E-state index in [0.717, 1.165) is 11.1 Å². The van der Waals surface area contributed by atoms with Gasteiger partial charge in [0, 0.05) is 12.2 Å². The van der Waals surface area contributed by atoms with Crippen LogP contribution >= 0.6 is 0 Å². The third-order valence-electron chi connectivity index (χ3n) is 4.36. The molecule has 30 heavy (non-hydrogen) atoms. The van der Waals surface area contributed by atoms with Crippen LogP contribution in [0.25, 0.3) is 0 Å². The first-order valence-electron chi connectivity index (χ1n) is 9.51. The fourth-order valence-corrected chi connectivity index (χ4v) is 3.31. The standard InChI is InChI=1S/C22H24N2O5S/c1-3-30(26,27)29-20-11-9-18(10-12-20)15-24(16-21-8-5-13-28-21)22(25)23-19-7-4-6-17(2)14-19/h4-14H,3,15-16H2,1-2H3,(H,23,25). The number of carbonyl (C=O) groups excluding carboxylic acids is 1. The van der Waals surface area contributed by atoms with Crippen LogP contribution in [0.15, 0.2) is 71.3 Å². The molecule has 0 unspecified atom stereocenters. The second kappa shape index (κ2) is 9.49. The van der Waals surface area contributed by atoms with Gasteiger partial charge in [0.1, 0.15) is 11.5 Å². The molecule has 2 amide bonds. The van der Waals surface area contributed by atoms with Gasteiger partial charge in [0.05, 0.1) is 18.6 Å². The second-order valence-electron chi connectivity index (χ2n) is 6.81. The number of rotatable bonds is 8. The molecule has 0 aliphatic heterocycles. The molecule has 2 aromatic carbocycles. The summed E-state index contributed by atoms with van der Waals surface area (Å²) >= 11 is 0. The predicted octanol–water partition coefficient (Wildman–Crippen LogP) is 4.55. The van der Waals surface area contributed by atoms with Gasteiger partial charge in [-0.15, -0.1) is 0 Å². The molecular formula is C22H24N2O5S. The molecule has 3 aromatic rings. The lowest BCUT2D eigenvalue weighted by molar-refractivity contribution is 0.201. The molecule has 3 rings (SSSR count). The highest BCUT2D eigenvalue weighted by Crippen LogP contribution is 2.18. The third-order valence-corrected chi connectivity index (χ3v) is 5.51. The number of urea groups is 1. The lowest BCUT2D eigenvalue weighted by Crippen LogP contribution is -2.34. The average molecular weight is 429 g/mol. The Morgan fingerprint density at radius 2 is 1.83 bits per heavy atom. The van der Waals surface area contributed by atoms with E-state index in [0.29, 0.717) is 18.0 Å². The molecule has 0 saturated heterocycles. The van der Waals surface area contributed by atoms with Crippen LogP contribution in [0.5, 0.6) is 5.75 Å². The maximum atomic E-state index is 12.9. The molecular weight excluding hydrogens is 404 g/mol. The molecule has 0 aliphatic carbocycles. The van der Waals surface area contributed by atoms with Crippen molar-refractivity contribution >= 4 is 21.8 Å². The number of hydrogen-bond donors (Lipinski definition) is 1. The van der Waals surface area contributed by atoms with Crippen molar-refractivity contribution < 1.29 is 21.8 Å². The summed E-state index contributed by atoms with van der Waals surface area (Å²) in [7, 11) is -3.58. The van der Waals surface area contributed by atoms with E-state index in [-0.39, 0.29) is 24.1 Å². The summed E-state index contributed by atoms with van der Waals surface area (Å²) in [6, 6.07) is 17.5. The van der Waals surface area contributed by atoms with Crippen molar-refractivity contribution in [2.75, 3.05) is 11.1 Å². The first-order chi connectivity index (χ1) is 14.3. The van der Waals surface area contributed by atoms with Crippen molar-refractivity contribution in [3.8, 4) is 5.75 Å². The Bertz CT molecular complexity index is 1080. The summed E-state index contributed by atoms with van der Waals surface area (Å²) in [5, 5.41) is 2.91. The van der Waals surface area contributed by atoms with Gasteiger partial charge in [-0.25, -0.2) is 4.79 Å². The molecule has 0 spiro atoms. The maximum absolute atomic E-state index is 12.9. The van der Waals surface area contributed by atoms with Crippen LogP contribution in [0.2, 0.25) is 0 Å². The molecule has 1 N–H and O–H groups in total. The molecule has 158 valence electrons. The van der Waals surface area contributed by atoms with E-state index < -0.39 is 10.1 Å². The first-order valence-corrected chi connectivity index (χ1v) is 11.1. The van der Waals surface area contributed by atoms with Gasteiger partial charge in [-0.05, 0) is 61.4 Å². The van der Waals surface area contributed by atoms with E-state index in [1.54, 1.807) is 47.6 Å². The van der Waals surface area contributed by atoms with Crippen molar-refractivity contribution in [2.45, 2.75) is 26.9 Å². The Labute approximate surface area is 176 Å². The zero-order valence-electron chi connectivity index (χ0n) is 16.9. The smallest absolute Gasteiger partial charge is 0.322 e. The lowest BCUT2D eigenvalue weighted by atomic mass is 10.2. The number of aryl methyl sites for hydroxylation is 1. The van der Waals surface area contributed by atoms with Crippen molar-refractivity contribution in [3.05, 3.63) is 83.8 Å². The van der Waals surface area contributed by atoms with Gasteiger partial charge < -0.3 is 18.8 Å². The van der Waals surface area contributed by atoms with Gasteiger partial charge in [-0.3, -0.25) is 0 Å². The lowest BCUT2D eigenvalue weighted by Gasteiger charge is -2.22. The van der Waals surface area contributed by atoms with Crippen LogP contribution in [-0.2, 0) is 23.2 Å². The Hall–Kier alpha value is -3.26. The molecule has 8 heteroatoms. The van der Waals surface area contributed by atoms with Gasteiger partial charge in [0.15, 0.2) is 0 Å². The number of hydrogen-bond acceptors (Lipinski definition) is 5. The fraction of sp³-hybridized carbons (Fsp3) is 0.227. The summed E-state index contributed by atoms with van der Waals surface area (Å²) < 4.78 is 33.6. The Morgan fingerprint density at radius 1 is 1.07 bits per heavy atom. The highest BCUT2D eigenvalue weighted by atomic mass is 32.2. The largest absolute Gasteiger partial charge is 0.467 e. The zero-order valence-corrected chi connectivity index (χ0v) is 17.7. The fourth-order valence-electron chi connectivity index (χ4n) is 2.79. The van der Waals surface area contributed by atoms with Crippen LogP contribution in [0.3, 0.4) is 0 Å². The highest BCUT2D eigenvalue weighted by Gasteiger charge is 2.17. The van der Waals surface area contributed by atoms with Crippen molar-refractivity contribution in [3.63, 3.8) is 0 Å². The number of furan rings is 1. The summed E-state index contributed by atoms with van der Waals surface area (Å²) in [5.41, 5.74) is 2.57. The minimum Gasteiger partial charge on any atom is -0.467 e. The minimum atomic E-state index is -3.58. The quantitative estimate of drug-likeness (QED) is 0.532. The van der Waals surface area contributed by atoms with Crippen molar-refractivity contribution in [2.24, 2.45) is 0 Å². The number of amides is 2. The molecule has 0 aliphatic rings. The summed E-state index contributed by atoms with van der Waals surface area (Å²) in [6.45, 7) is 4.06. The van der Waals surface area contributed by atoms with E-state index in [2.05, 4.69) is 5.32 Å². The SMILES string of the molecule is CCS(=O)(=O)Oc1ccc(CN(Cc2ccco2)C(=O)Nc2cccc(C)c2)cc1. The molecule has 0 fully saturated rings. The van der Waals surface area contributed by atoms with Gasteiger partial charge in [0.25, 0.3) is 0 Å². The van der Waals surface area contributed by atoms with Crippen molar-refractivity contribution in [1.29, 1.82) is 0 Å². The molecule has 0 bridgehead atoms. The highest BCUT2D eigenvalue weighted by molar-refractivity contribution is 7.87. The van der Waals surface area contributed by atoms with Gasteiger partial charge in [-0.1, -0.05) is 24.3 Å². The average Bonchev–Trinajstić information content (AvgIpc) is 3.22. The Kier molecular flexibility index (Phi) is 6.79. The second-order valence-corrected chi connectivity index (χ2v) is 8.67. The number of nitrogens with zero attached hydrogens (tertiary/aromatic N) is 1. The van der Waals surface area contributed by atoms with E-state index in [9.17, 15) is 13.2 Å². The zero-order chi connectivity index (χ0) is 21.6. The summed E-state index contributed by atoms with van der Waals surface area (Å²) in [6.07, 6.45) is 1.56. The van der Waals surface area contributed by atoms with E-state index in [4.69, 9.17) is 8.60 Å². The van der Waals surface area contributed by atoms with Gasteiger partial charge in [0.2, 0.25) is 0 Å². The van der Waals surface area contributed by atoms with E-state index >= 15 is 0 Å². The van der Waals surface area contributed by atoms with E-state index in [1.165, 1.54) is 6.92 Å². The van der Waals surface area contributed by atoms with Gasteiger partial charge in [-0.2, -0.15) is 8.42 Å². The predicted molar refractivity (Wildman–Crippen MR) is 115 cm³/mol. The molecule has 0 radical (unpaired) electrons. The normalized spacial score (nSPS) is 11.1. The van der Waals surface area contributed by atoms with Crippen LogP contribution in [-0.4, -0.2) is 25.1 Å². The summed E-state index contributed by atoms with van der Waals surface area (Å²) in [4.78, 5) is 14.5. The number of nitrogens with one attached hydrogen (secondary N) is 1. The molecule has 0 atom stereocenters. The molecule has 1 heterocycles. The van der Waals surface area contributed by atoms with Crippen LogP contribution in [0.1, 0.15) is 23.8 Å².